The molecule has 0 amide bonds. The highest BCUT2D eigenvalue weighted by Crippen LogP contribution is 2.18. The number of hydrogen-bond donors (Lipinski definition) is 0. The summed E-state index contributed by atoms with van der Waals surface area (Å²) in [5.74, 6) is 0. The molecule has 1 rings (SSSR count). The minimum absolute atomic E-state index is 0.123. The minimum Gasteiger partial charge on any atom is -0.151 e. The topological polar surface area (TPSA) is 29.4 Å². The van der Waals surface area contributed by atoms with Crippen molar-refractivity contribution in [1.82, 2.24) is 0 Å². The number of nitrogens with zero attached hydrogens (tertiary/aromatic N) is 1. The van der Waals surface area contributed by atoms with Crippen molar-refractivity contribution in [2.75, 3.05) is 0 Å². The number of hydrogen-bond acceptors (Lipinski definition) is 2. The molecule has 0 spiro atoms. The molecule has 0 saturated heterocycles. The lowest BCUT2D eigenvalue weighted by molar-refractivity contribution is 0.509. The summed E-state index contributed by atoms with van der Waals surface area (Å²) in [6.45, 7) is 0. The molecule has 1 saturated carbocycles. The zero-order valence-corrected chi connectivity index (χ0v) is 8.50. The zero-order chi connectivity index (χ0) is 9.36. The SMILES string of the molecule is O=NC1CCCCCCCCCC1. The second-order valence-electron chi connectivity index (χ2n) is 4.17. The average Bonchev–Trinajstić information content (AvgIpc) is 2.22. The third-order valence-electron chi connectivity index (χ3n) is 2.97. The highest BCUT2D eigenvalue weighted by Gasteiger charge is 2.08. The molecule has 0 heterocycles. The van der Waals surface area contributed by atoms with Crippen LogP contribution in [0.3, 0.4) is 0 Å². The Balaban J connectivity index is 2.22. The minimum atomic E-state index is 0.123. The molecule has 1 aliphatic carbocycles. The van der Waals surface area contributed by atoms with Gasteiger partial charge in [-0.2, -0.15) is 4.91 Å². The van der Waals surface area contributed by atoms with Gasteiger partial charge in [0.25, 0.3) is 0 Å². The van der Waals surface area contributed by atoms with E-state index in [1.807, 2.05) is 0 Å². The van der Waals surface area contributed by atoms with Gasteiger partial charge in [-0.1, -0.05) is 56.5 Å². The van der Waals surface area contributed by atoms with Gasteiger partial charge in [-0.3, -0.25) is 0 Å². The van der Waals surface area contributed by atoms with Crippen LogP contribution in [0, 0.1) is 4.91 Å². The van der Waals surface area contributed by atoms with Gasteiger partial charge in [-0.25, -0.2) is 0 Å². The molecule has 1 fully saturated rings. The van der Waals surface area contributed by atoms with Gasteiger partial charge < -0.3 is 0 Å². The van der Waals surface area contributed by atoms with Crippen LogP contribution in [0.5, 0.6) is 0 Å². The first-order chi connectivity index (χ1) is 6.43. The summed E-state index contributed by atoms with van der Waals surface area (Å²) < 4.78 is 0. The van der Waals surface area contributed by atoms with Crippen LogP contribution in [0.25, 0.3) is 0 Å². The highest BCUT2D eigenvalue weighted by atomic mass is 16.3. The first kappa shape index (κ1) is 10.7. The van der Waals surface area contributed by atoms with Crippen LogP contribution < -0.4 is 0 Å². The van der Waals surface area contributed by atoms with E-state index in [1.54, 1.807) is 0 Å². The van der Waals surface area contributed by atoms with Crippen molar-refractivity contribution in [3.05, 3.63) is 4.91 Å². The van der Waals surface area contributed by atoms with Gasteiger partial charge in [0.15, 0.2) is 0 Å². The summed E-state index contributed by atoms with van der Waals surface area (Å²) in [7, 11) is 0. The fraction of sp³-hybridized carbons (Fsp3) is 1.00. The second kappa shape index (κ2) is 7.05. The maximum Gasteiger partial charge on any atom is 0.0919 e. The summed E-state index contributed by atoms with van der Waals surface area (Å²) in [5, 5.41) is 3.20. The average molecular weight is 183 g/mol. The van der Waals surface area contributed by atoms with Gasteiger partial charge >= 0.3 is 0 Å². The molecule has 0 aromatic carbocycles. The molecule has 0 aliphatic heterocycles. The summed E-state index contributed by atoms with van der Waals surface area (Å²) in [5.41, 5.74) is 0. The summed E-state index contributed by atoms with van der Waals surface area (Å²) >= 11 is 0. The van der Waals surface area contributed by atoms with Crippen LogP contribution in [0.2, 0.25) is 0 Å². The standard InChI is InChI=1S/C11H21NO/c13-12-11-9-7-5-3-1-2-4-6-8-10-11/h11H,1-10H2. The van der Waals surface area contributed by atoms with Crippen LogP contribution in [0.15, 0.2) is 5.18 Å². The van der Waals surface area contributed by atoms with Crippen molar-refractivity contribution < 1.29 is 0 Å². The van der Waals surface area contributed by atoms with E-state index in [9.17, 15) is 4.91 Å². The molecule has 0 unspecified atom stereocenters. The molecular formula is C11H21NO. The lowest BCUT2D eigenvalue weighted by atomic mass is 10.0. The number of rotatable bonds is 1. The van der Waals surface area contributed by atoms with Crippen molar-refractivity contribution in [3.8, 4) is 0 Å². The fourth-order valence-electron chi connectivity index (χ4n) is 2.07. The predicted octanol–water partition coefficient (Wildman–Crippen LogP) is 4.04. The van der Waals surface area contributed by atoms with Crippen LogP contribution in [0.1, 0.15) is 64.2 Å². The Morgan fingerprint density at radius 3 is 1.46 bits per heavy atom. The van der Waals surface area contributed by atoms with E-state index >= 15 is 0 Å². The van der Waals surface area contributed by atoms with E-state index < -0.39 is 0 Å². The molecular weight excluding hydrogens is 162 g/mol. The van der Waals surface area contributed by atoms with E-state index in [2.05, 4.69) is 5.18 Å². The molecule has 2 heteroatoms. The summed E-state index contributed by atoms with van der Waals surface area (Å²) in [4.78, 5) is 10.5. The van der Waals surface area contributed by atoms with Gasteiger partial charge in [-0.05, 0) is 12.8 Å². The van der Waals surface area contributed by atoms with E-state index in [4.69, 9.17) is 0 Å². The van der Waals surface area contributed by atoms with Gasteiger partial charge in [0.1, 0.15) is 0 Å². The quantitative estimate of drug-likeness (QED) is 0.564. The molecule has 0 N–H and O–H groups in total. The van der Waals surface area contributed by atoms with Gasteiger partial charge in [0, 0.05) is 0 Å². The van der Waals surface area contributed by atoms with Crippen molar-refractivity contribution in [2.45, 2.75) is 70.3 Å². The zero-order valence-electron chi connectivity index (χ0n) is 8.50. The maximum atomic E-state index is 10.5. The van der Waals surface area contributed by atoms with Gasteiger partial charge in [0.2, 0.25) is 0 Å². The predicted molar refractivity (Wildman–Crippen MR) is 55.8 cm³/mol. The molecule has 2 nitrogen and oxygen atoms in total. The van der Waals surface area contributed by atoms with Crippen LogP contribution in [0.4, 0.5) is 0 Å². The molecule has 0 bridgehead atoms. The summed E-state index contributed by atoms with van der Waals surface area (Å²) in [6, 6.07) is 0.123. The molecule has 0 atom stereocenters. The Bertz CT molecular complexity index is 124. The molecule has 13 heavy (non-hydrogen) atoms. The molecule has 0 aromatic rings. The number of nitroso groups, excluding NO2 is 1. The fourth-order valence-corrected chi connectivity index (χ4v) is 2.07. The Hall–Kier alpha value is -0.400. The third kappa shape index (κ3) is 5.02. The van der Waals surface area contributed by atoms with Crippen molar-refractivity contribution >= 4 is 0 Å². The Kier molecular flexibility index (Phi) is 5.79. The lowest BCUT2D eigenvalue weighted by Gasteiger charge is -2.06. The van der Waals surface area contributed by atoms with E-state index in [-0.39, 0.29) is 6.04 Å². The molecule has 76 valence electrons. The van der Waals surface area contributed by atoms with E-state index in [0.29, 0.717) is 0 Å². The Morgan fingerprint density at radius 1 is 0.692 bits per heavy atom. The van der Waals surface area contributed by atoms with Crippen LogP contribution in [-0.4, -0.2) is 6.04 Å². The monoisotopic (exact) mass is 183 g/mol. The Morgan fingerprint density at radius 2 is 1.08 bits per heavy atom. The molecule has 0 aromatic heterocycles. The molecule has 0 radical (unpaired) electrons. The van der Waals surface area contributed by atoms with Crippen molar-refractivity contribution in [1.29, 1.82) is 0 Å². The van der Waals surface area contributed by atoms with Crippen LogP contribution in [-0.2, 0) is 0 Å². The smallest absolute Gasteiger partial charge is 0.0919 e. The second-order valence-corrected chi connectivity index (χ2v) is 4.17. The summed E-state index contributed by atoms with van der Waals surface area (Å²) in [6.07, 6.45) is 12.5. The maximum absolute atomic E-state index is 10.5. The molecule has 1 aliphatic rings. The van der Waals surface area contributed by atoms with E-state index in [0.717, 1.165) is 12.8 Å². The van der Waals surface area contributed by atoms with Crippen molar-refractivity contribution in [2.24, 2.45) is 5.18 Å². The largest absolute Gasteiger partial charge is 0.151 e. The van der Waals surface area contributed by atoms with Gasteiger partial charge in [0.05, 0.1) is 6.04 Å². The lowest BCUT2D eigenvalue weighted by Crippen LogP contribution is -2.02. The highest BCUT2D eigenvalue weighted by molar-refractivity contribution is 4.66. The van der Waals surface area contributed by atoms with Crippen LogP contribution >= 0.6 is 0 Å². The van der Waals surface area contributed by atoms with E-state index in [1.165, 1.54) is 51.4 Å². The normalized spacial score (nSPS) is 23.4. The Labute approximate surface area is 81.1 Å². The van der Waals surface area contributed by atoms with Crippen molar-refractivity contribution in [3.63, 3.8) is 0 Å². The van der Waals surface area contributed by atoms with Gasteiger partial charge in [-0.15, -0.1) is 0 Å². The first-order valence-corrected chi connectivity index (χ1v) is 5.76. The first-order valence-electron chi connectivity index (χ1n) is 5.76. The third-order valence-corrected chi connectivity index (χ3v) is 2.97.